The molecule has 2 amide bonds. The minimum atomic E-state index is -0.208. The maximum Gasteiger partial charge on any atom is 0.273 e. The molecule has 0 saturated carbocycles. The van der Waals surface area contributed by atoms with Crippen LogP contribution in [-0.2, 0) is 0 Å². The van der Waals surface area contributed by atoms with Crippen LogP contribution in [0.5, 0.6) is 0 Å². The first-order valence-electron chi connectivity index (χ1n) is 7.19. The van der Waals surface area contributed by atoms with Crippen LogP contribution in [0.1, 0.15) is 45.4 Å². The molecule has 7 nitrogen and oxygen atoms in total. The number of hydrogen-bond donors (Lipinski definition) is 2. The number of H-pyrrole nitrogens is 1. The van der Waals surface area contributed by atoms with Crippen molar-refractivity contribution in [2.75, 3.05) is 13.6 Å². The largest absolute Gasteiger partial charge is 0.355 e. The molecule has 2 aromatic rings. The first-order chi connectivity index (χ1) is 10.7. The smallest absolute Gasteiger partial charge is 0.273 e. The van der Waals surface area contributed by atoms with Gasteiger partial charge in [0.15, 0.2) is 0 Å². The predicted molar refractivity (Wildman–Crippen MR) is 79.2 cm³/mol. The van der Waals surface area contributed by atoms with E-state index in [0.29, 0.717) is 23.5 Å². The standard InChI is InChI=1S/C15H17N5O2/c1-16-14(21)10-9-18-19-13(10)12-6-4-8-20(12)15(22)11-5-2-3-7-17-11/h2-3,5,7,9,12H,4,6,8H2,1H3,(H,16,21)(H,18,19)/t12-/m1/s1. The molecule has 0 radical (unpaired) electrons. The number of nitrogens with one attached hydrogen (secondary N) is 2. The average molecular weight is 299 g/mol. The maximum atomic E-state index is 12.6. The Morgan fingerprint density at radius 1 is 1.41 bits per heavy atom. The molecule has 1 fully saturated rings. The molecule has 2 N–H and O–H groups in total. The van der Waals surface area contributed by atoms with E-state index in [2.05, 4.69) is 20.5 Å². The number of hydrogen-bond acceptors (Lipinski definition) is 4. The third-order valence-electron chi connectivity index (χ3n) is 3.87. The number of likely N-dealkylation sites (tertiary alicyclic amines) is 1. The molecule has 1 saturated heterocycles. The minimum Gasteiger partial charge on any atom is -0.355 e. The first-order valence-corrected chi connectivity index (χ1v) is 7.19. The van der Waals surface area contributed by atoms with Crippen LogP contribution in [0.2, 0.25) is 0 Å². The van der Waals surface area contributed by atoms with Gasteiger partial charge in [0.25, 0.3) is 11.8 Å². The second-order valence-corrected chi connectivity index (χ2v) is 5.15. The zero-order chi connectivity index (χ0) is 15.5. The van der Waals surface area contributed by atoms with E-state index in [0.717, 1.165) is 12.8 Å². The van der Waals surface area contributed by atoms with Crippen molar-refractivity contribution >= 4 is 11.8 Å². The zero-order valence-electron chi connectivity index (χ0n) is 12.2. The van der Waals surface area contributed by atoms with Crippen LogP contribution < -0.4 is 5.32 Å². The number of carbonyl (C=O) groups is 2. The van der Waals surface area contributed by atoms with Crippen LogP contribution in [0.15, 0.2) is 30.6 Å². The van der Waals surface area contributed by atoms with E-state index in [4.69, 9.17) is 0 Å². The van der Waals surface area contributed by atoms with Gasteiger partial charge in [-0.3, -0.25) is 19.7 Å². The van der Waals surface area contributed by atoms with E-state index in [1.165, 1.54) is 6.20 Å². The molecule has 0 unspecified atom stereocenters. The van der Waals surface area contributed by atoms with Gasteiger partial charge in [0, 0.05) is 19.8 Å². The Labute approximate surface area is 127 Å². The van der Waals surface area contributed by atoms with E-state index in [9.17, 15) is 9.59 Å². The monoisotopic (exact) mass is 299 g/mol. The molecule has 0 spiro atoms. The Morgan fingerprint density at radius 2 is 2.27 bits per heavy atom. The van der Waals surface area contributed by atoms with Gasteiger partial charge in [-0.1, -0.05) is 6.07 Å². The molecular weight excluding hydrogens is 282 g/mol. The molecule has 3 rings (SSSR count). The summed E-state index contributed by atoms with van der Waals surface area (Å²) in [6.07, 6.45) is 4.78. The number of aromatic nitrogens is 3. The Bertz CT molecular complexity index is 682. The van der Waals surface area contributed by atoms with Crippen LogP contribution in [0.3, 0.4) is 0 Å². The lowest BCUT2D eigenvalue weighted by Gasteiger charge is -2.24. The highest BCUT2D eigenvalue weighted by Crippen LogP contribution is 2.33. The number of carbonyl (C=O) groups excluding carboxylic acids is 2. The van der Waals surface area contributed by atoms with Crippen LogP contribution >= 0.6 is 0 Å². The van der Waals surface area contributed by atoms with E-state index < -0.39 is 0 Å². The summed E-state index contributed by atoms with van der Waals surface area (Å²) in [5, 5.41) is 9.43. The number of nitrogens with zero attached hydrogens (tertiary/aromatic N) is 3. The highest BCUT2D eigenvalue weighted by molar-refractivity contribution is 5.96. The second kappa shape index (κ2) is 5.97. The SMILES string of the molecule is CNC(=O)c1cn[nH]c1[C@H]1CCCN1C(=O)c1ccccn1. The normalized spacial score (nSPS) is 17.5. The van der Waals surface area contributed by atoms with Gasteiger partial charge in [-0.25, -0.2) is 0 Å². The van der Waals surface area contributed by atoms with Gasteiger partial charge >= 0.3 is 0 Å². The van der Waals surface area contributed by atoms with Crippen molar-refractivity contribution in [3.05, 3.63) is 47.5 Å². The van der Waals surface area contributed by atoms with Crippen molar-refractivity contribution in [2.24, 2.45) is 0 Å². The van der Waals surface area contributed by atoms with Crippen molar-refractivity contribution in [3.8, 4) is 0 Å². The van der Waals surface area contributed by atoms with Gasteiger partial charge in [0.05, 0.1) is 23.5 Å². The second-order valence-electron chi connectivity index (χ2n) is 5.15. The summed E-state index contributed by atoms with van der Waals surface area (Å²) in [6.45, 7) is 0.645. The summed E-state index contributed by atoms with van der Waals surface area (Å²) < 4.78 is 0. The fraction of sp³-hybridized carbons (Fsp3) is 0.333. The van der Waals surface area contributed by atoms with Crippen LogP contribution in [0.4, 0.5) is 0 Å². The lowest BCUT2D eigenvalue weighted by atomic mass is 10.1. The summed E-state index contributed by atoms with van der Waals surface area (Å²) in [5.74, 6) is -0.332. The lowest BCUT2D eigenvalue weighted by molar-refractivity contribution is 0.0724. The number of pyridine rings is 1. The predicted octanol–water partition coefficient (Wildman–Crippen LogP) is 1.14. The summed E-state index contributed by atoms with van der Waals surface area (Å²) in [6, 6.07) is 5.09. The molecule has 0 aliphatic carbocycles. The molecule has 1 aliphatic rings. The fourth-order valence-electron chi connectivity index (χ4n) is 2.81. The Balaban J connectivity index is 1.90. The third kappa shape index (κ3) is 2.45. The van der Waals surface area contributed by atoms with Crippen LogP contribution in [-0.4, -0.2) is 45.5 Å². The van der Waals surface area contributed by atoms with E-state index >= 15 is 0 Å². The summed E-state index contributed by atoms with van der Waals surface area (Å²) in [5.41, 5.74) is 1.57. The maximum absolute atomic E-state index is 12.6. The highest BCUT2D eigenvalue weighted by Gasteiger charge is 2.34. The molecule has 2 aromatic heterocycles. The Morgan fingerprint density at radius 3 is 3.00 bits per heavy atom. The van der Waals surface area contributed by atoms with Gasteiger partial charge in [-0.15, -0.1) is 0 Å². The highest BCUT2D eigenvalue weighted by atomic mass is 16.2. The Kier molecular flexibility index (Phi) is 3.86. The fourth-order valence-corrected chi connectivity index (χ4v) is 2.81. The van der Waals surface area contributed by atoms with Crippen LogP contribution in [0, 0.1) is 0 Å². The van der Waals surface area contributed by atoms with Gasteiger partial charge in [0.1, 0.15) is 5.69 Å². The molecular formula is C15H17N5O2. The van der Waals surface area contributed by atoms with Crippen molar-refractivity contribution in [2.45, 2.75) is 18.9 Å². The van der Waals surface area contributed by atoms with Gasteiger partial charge in [0.2, 0.25) is 0 Å². The number of amides is 2. The molecule has 3 heterocycles. The number of rotatable bonds is 3. The Hall–Kier alpha value is -2.70. The van der Waals surface area contributed by atoms with Crippen molar-refractivity contribution in [3.63, 3.8) is 0 Å². The van der Waals surface area contributed by atoms with Gasteiger partial charge < -0.3 is 10.2 Å². The van der Waals surface area contributed by atoms with Crippen molar-refractivity contribution in [1.82, 2.24) is 25.4 Å². The lowest BCUT2D eigenvalue weighted by Crippen LogP contribution is -2.32. The van der Waals surface area contributed by atoms with E-state index in [-0.39, 0.29) is 17.9 Å². The summed E-state index contributed by atoms with van der Waals surface area (Å²) in [4.78, 5) is 30.4. The van der Waals surface area contributed by atoms with Crippen LogP contribution in [0.25, 0.3) is 0 Å². The van der Waals surface area contributed by atoms with E-state index in [1.807, 2.05) is 0 Å². The van der Waals surface area contributed by atoms with Crippen molar-refractivity contribution in [1.29, 1.82) is 0 Å². The topological polar surface area (TPSA) is 91.0 Å². The minimum absolute atomic E-state index is 0.124. The zero-order valence-corrected chi connectivity index (χ0v) is 12.2. The summed E-state index contributed by atoms with van der Waals surface area (Å²) in [7, 11) is 1.57. The molecule has 1 atom stereocenters. The van der Waals surface area contributed by atoms with Gasteiger partial charge in [-0.05, 0) is 25.0 Å². The molecule has 1 aliphatic heterocycles. The molecule has 114 valence electrons. The average Bonchev–Trinajstić information content (AvgIpc) is 3.22. The molecule has 0 aromatic carbocycles. The van der Waals surface area contributed by atoms with Gasteiger partial charge in [-0.2, -0.15) is 5.10 Å². The molecule has 0 bridgehead atoms. The first kappa shape index (κ1) is 14.2. The quantitative estimate of drug-likeness (QED) is 0.889. The molecule has 22 heavy (non-hydrogen) atoms. The third-order valence-corrected chi connectivity index (χ3v) is 3.87. The van der Waals surface area contributed by atoms with Crippen molar-refractivity contribution < 1.29 is 9.59 Å². The number of aromatic amines is 1. The van der Waals surface area contributed by atoms with E-state index in [1.54, 1.807) is 36.3 Å². The summed E-state index contributed by atoms with van der Waals surface area (Å²) >= 11 is 0. The molecule has 7 heteroatoms.